The molecule has 0 spiro atoms. The first kappa shape index (κ1) is 6.01. The third kappa shape index (κ3) is 5.01. The van der Waals surface area contributed by atoms with Gasteiger partial charge in [0.1, 0.15) is 0 Å². The maximum atomic E-state index is 10.9. The molecule has 0 unspecified atom stereocenters. The molecule has 0 saturated carbocycles. The van der Waals surface area contributed by atoms with Crippen molar-refractivity contribution in [3.05, 3.63) is 12.3 Å². The highest BCUT2D eigenvalue weighted by atomic mass is 19.1. The zero-order chi connectivity index (χ0) is 5.54. The van der Waals surface area contributed by atoms with Crippen molar-refractivity contribution in [3.63, 3.8) is 0 Å². The predicted molar refractivity (Wildman–Crippen MR) is 27.5 cm³/mol. The van der Waals surface area contributed by atoms with Gasteiger partial charge in [0.05, 0.1) is 0 Å². The van der Waals surface area contributed by atoms with Crippen LogP contribution in [-0.4, -0.2) is 12.7 Å². The van der Waals surface area contributed by atoms with Crippen molar-refractivity contribution in [3.8, 4) is 0 Å². The van der Waals surface area contributed by atoms with E-state index in [0.717, 1.165) is 6.21 Å². The molecule has 0 aliphatic carbocycles. The predicted octanol–water partition coefficient (Wildman–Crippen LogP) is 1.15. The zero-order valence-corrected chi connectivity index (χ0v) is 3.63. The van der Waals surface area contributed by atoms with Crippen LogP contribution in [0.4, 0.5) is 4.39 Å². The molecule has 0 aliphatic rings. The highest BCUT2D eigenvalue weighted by molar-refractivity contribution is 5.67. The largest absolute Gasteiger partial charge is 0.309 e. The van der Waals surface area contributed by atoms with E-state index in [4.69, 9.17) is 5.41 Å². The van der Waals surface area contributed by atoms with E-state index < -0.39 is 0 Å². The van der Waals surface area contributed by atoms with Crippen molar-refractivity contribution in [1.82, 2.24) is 0 Å². The lowest BCUT2D eigenvalue weighted by molar-refractivity contribution is 0.841. The fraction of sp³-hybridized carbons (Fsp3) is 0. The van der Waals surface area contributed by atoms with Gasteiger partial charge in [-0.2, -0.15) is 4.39 Å². The number of hydrogen-bond donors (Lipinski definition) is 1. The summed E-state index contributed by atoms with van der Waals surface area (Å²) >= 11 is 0. The lowest BCUT2D eigenvalue weighted by Gasteiger charge is -1.63. The first-order chi connectivity index (χ1) is 3.41. The Hall–Kier alpha value is -0.990. The molecule has 0 rings (SSSR count). The maximum Gasteiger partial charge on any atom is 0.175 e. The summed E-state index contributed by atoms with van der Waals surface area (Å²) < 4.78 is 10.9. The Balaban J connectivity index is 3.27. The molecule has 0 aromatic carbocycles. The summed E-state index contributed by atoms with van der Waals surface area (Å²) in [4.78, 5) is 3.04. The van der Waals surface area contributed by atoms with Gasteiger partial charge in [-0.1, -0.05) is 0 Å². The summed E-state index contributed by atoms with van der Waals surface area (Å²) in [6.07, 6.45) is 3.52. The standard InChI is InChI=1S/C4H5FN2/c5-4-7-3-1-2-6/h1-4,6H/b3-1-,6-2?,7-4-. The average Bonchev–Trinajstić information content (AvgIpc) is 1.69. The zero-order valence-electron chi connectivity index (χ0n) is 3.63. The average molecular weight is 100 g/mol. The number of rotatable bonds is 2. The molecule has 38 valence electrons. The van der Waals surface area contributed by atoms with E-state index in [9.17, 15) is 4.39 Å². The van der Waals surface area contributed by atoms with Crippen molar-refractivity contribution < 1.29 is 4.39 Å². The SMILES string of the molecule is N=C/C=C\N=C/F. The minimum Gasteiger partial charge on any atom is -0.309 e. The second kappa shape index (κ2) is 5.01. The lowest BCUT2D eigenvalue weighted by atomic mass is 10.7. The van der Waals surface area contributed by atoms with Gasteiger partial charge in [0, 0.05) is 12.4 Å². The van der Waals surface area contributed by atoms with E-state index in [1.54, 1.807) is 0 Å². The van der Waals surface area contributed by atoms with Crippen LogP contribution in [0.25, 0.3) is 0 Å². The third-order valence-electron chi connectivity index (χ3n) is 0.325. The van der Waals surface area contributed by atoms with Crippen molar-refractivity contribution in [1.29, 1.82) is 5.41 Å². The van der Waals surface area contributed by atoms with Gasteiger partial charge in [-0.05, 0) is 6.08 Å². The van der Waals surface area contributed by atoms with Gasteiger partial charge < -0.3 is 5.41 Å². The normalized spacial score (nSPS) is 11.0. The summed E-state index contributed by atoms with van der Waals surface area (Å²) in [6, 6.07) is 0. The molecule has 0 saturated heterocycles. The number of nitrogens with zero attached hydrogens (tertiary/aromatic N) is 1. The first-order valence-electron chi connectivity index (χ1n) is 1.69. The van der Waals surface area contributed by atoms with E-state index in [2.05, 4.69) is 4.99 Å². The van der Waals surface area contributed by atoms with E-state index >= 15 is 0 Å². The molecule has 0 aromatic rings. The maximum absolute atomic E-state index is 10.9. The highest BCUT2D eigenvalue weighted by Gasteiger charge is 1.55. The smallest absolute Gasteiger partial charge is 0.175 e. The van der Waals surface area contributed by atoms with Crippen molar-refractivity contribution in [2.75, 3.05) is 0 Å². The van der Waals surface area contributed by atoms with Crippen LogP contribution in [0.1, 0.15) is 0 Å². The Morgan fingerprint density at radius 2 is 2.29 bits per heavy atom. The molecule has 7 heavy (non-hydrogen) atoms. The van der Waals surface area contributed by atoms with Crippen LogP contribution >= 0.6 is 0 Å². The van der Waals surface area contributed by atoms with Crippen LogP contribution in [0.3, 0.4) is 0 Å². The van der Waals surface area contributed by atoms with Gasteiger partial charge in [-0.25, -0.2) is 4.99 Å². The second-order valence-electron chi connectivity index (χ2n) is 0.755. The molecule has 3 heteroatoms. The number of hydrogen-bond acceptors (Lipinski definition) is 2. The Labute approximate surface area is 40.9 Å². The van der Waals surface area contributed by atoms with Gasteiger partial charge in [0.2, 0.25) is 0 Å². The molecule has 0 bridgehead atoms. The Morgan fingerprint density at radius 3 is 2.71 bits per heavy atom. The molecule has 0 atom stereocenters. The van der Waals surface area contributed by atoms with Gasteiger partial charge in [0.15, 0.2) is 6.47 Å². The number of allylic oxidation sites excluding steroid dienone is 1. The van der Waals surface area contributed by atoms with E-state index in [1.165, 1.54) is 12.3 Å². The molecule has 0 fully saturated rings. The summed E-state index contributed by atoms with van der Waals surface area (Å²) in [5.74, 6) is 0. The van der Waals surface area contributed by atoms with Gasteiger partial charge in [-0.3, -0.25) is 0 Å². The van der Waals surface area contributed by atoms with Gasteiger partial charge in [-0.15, -0.1) is 0 Å². The van der Waals surface area contributed by atoms with E-state index in [1.807, 2.05) is 0 Å². The Kier molecular flexibility index (Phi) is 4.30. The number of aliphatic imine (C=N–C) groups is 1. The van der Waals surface area contributed by atoms with Crippen LogP contribution in [0, 0.1) is 5.41 Å². The third-order valence-corrected chi connectivity index (χ3v) is 0.325. The summed E-state index contributed by atoms with van der Waals surface area (Å²) in [5, 5.41) is 6.37. The number of halogens is 1. The monoisotopic (exact) mass is 100 g/mol. The van der Waals surface area contributed by atoms with Crippen LogP contribution in [-0.2, 0) is 0 Å². The summed E-state index contributed by atoms with van der Waals surface area (Å²) in [6.45, 7) is 0.167. The van der Waals surface area contributed by atoms with Crippen molar-refractivity contribution >= 4 is 12.7 Å². The van der Waals surface area contributed by atoms with Gasteiger partial charge >= 0.3 is 0 Å². The molecule has 0 radical (unpaired) electrons. The fourth-order valence-corrected chi connectivity index (χ4v) is 0.125. The van der Waals surface area contributed by atoms with Crippen LogP contribution in [0.2, 0.25) is 0 Å². The van der Waals surface area contributed by atoms with Crippen molar-refractivity contribution in [2.24, 2.45) is 4.99 Å². The van der Waals surface area contributed by atoms with Gasteiger partial charge in [0.25, 0.3) is 0 Å². The molecule has 0 amide bonds. The van der Waals surface area contributed by atoms with Crippen LogP contribution < -0.4 is 0 Å². The quantitative estimate of drug-likeness (QED) is 0.505. The van der Waals surface area contributed by atoms with Crippen LogP contribution in [0.15, 0.2) is 17.3 Å². The molecule has 0 aromatic heterocycles. The summed E-state index contributed by atoms with van der Waals surface area (Å²) in [7, 11) is 0. The van der Waals surface area contributed by atoms with E-state index in [0.29, 0.717) is 0 Å². The molecule has 1 N–H and O–H groups in total. The minimum atomic E-state index is 0.167. The van der Waals surface area contributed by atoms with Crippen molar-refractivity contribution in [2.45, 2.75) is 0 Å². The molecule has 2 nitrogen and oxygen atoms in total. The van der Waals surface area contributed by atoms with Crippen LogP contribution in [0.5, 0.6) is 0 Å². The first-order valence-corrected chi connectivity index (χ1v) is 1.69. The molecular weight excluding hydrogens is 95.1 g/mol. The molecular formula is C4H5FN2. The Bertz CT molecular complexity index is 95.9. The highest BCUT2D eigenvalue weighted by Crippen LogP contribution is 1.67. The lowest BCUT2D eigenvalue weighted by Crippen LogP contribution is -1.54. The minimum absolute atomic E-state index is 0.167. The van der Waals surface area contributed by atoms with E-state index in [-0.39, 0.29) is 6.47 Å². The number of nitrogens with one attached hydrogen (secondary N) is 1. The Morgan fingerprint density at radius 1 is 1.57 bits per heavy atom. The second-order valence-corrected chi connectivity index (χ2v) is 0.755. The fourth-order valence-electron chi connectivity index (χ4n) is 0.125. The topological polar surface area (TPSA) is 36.2 Å². The molecule has 0 heterocycles. The molecule has 0 aliphatic heterocycles. The summed E-state index contributed by atoms with van der Waals surface area (Å²) in [5.41, 5.74) is 0.